The Bertz CT molecular complexity index is 267. The summed E-state index contributed by atoms with van der Waals surface area (Å²) in [6.45, 7) is 2.44. The molecule has 0 saturated heterocycles. The van der Waals surface area contributed by atoms with Crippen LogP contribution in [0.3, 0.4) is 0 Å². The van der Waals surface area contributed by atoms with Gasteiger partial charge in [-0.1, -0.05) is 53.4 Å². The van der Waals surface area contributed by atoms with Gasteiger partial charge in [-0.15, -0.1) is 0 Å². The fraction of sp³-hybridized carbons (Fsp3) is 0.273. The SMILES string of the molecule is C[SiH](C1=CC=CC1)C1=CC=CC1.[LiH]. The van der Waals surface area contributed by atoms with E-state index in [1.54, 1.807) is 10.4 Å². The van der Waals surface area contributed by atoms with Crippen molar-refractivity contribution in [3.63, 3.8) is 0 Å². The monoisotopic (exact) mass is 182 g/mol. The summed E-state index contributed by atoms with van der Waals surface area (Å²) in [6.07, 6.45) is 16.0. The Hall–Kier alpha value is -0.226. The van der Waals surface area contributed by atoms with E-state index >= 15 is 0 Å². The van der Waals surface area contributed by atoms with Crippen LogP contribution in [0.15, 0.2) is 46.8 Å². The van der Waals surface area contributed by atoms with Crippen LogP contribution in [0.1, 0.15) is 12.8 Å². The van der Waals surface area contributed by atoms with Crippen LogP contribution in [-0.2, 0) is 0 Å². The number of hydrogen-bond acceptors (Lipinski definition) is 0. The second kappa shape index (κ2) is 4.86. The van der Waals surface area contributed by atoms with Gasteiger partial charge < -0.3 is 0 Å². The Labute approximate surface area is 93.9 Å². The third-order valence-electron chi connectivity index (χ3n) is 2.71. The maximum atomic E-state index is 2.44. The van der Waals surface area contributed by atoms with Crippen molar-refractivity contribution in [2.75, 3.05) is 0 Å². The van der Waals surface area contributed by atoms with E-state index in [4.69, 9.17) is 0 Å². The zero-order chi connectivity index (χ0) is 8.39. The molecule has 2 aliphatic carbocycles. The Balaban J connectivity index is 0.000000845. The van der Waals surface area contributed by atoms with Gasteiger partial charge in [0.25, 0.3) is 0 Å². The fourth-order valence-corrected chi connectivity index (χ4v) is 4.06. The molecule has 0 aromatic heterocycles. The Kier molecular flexibility index (Phi) is 4.06. The number of hydrogen-bond donors (Lipinski definition) is 0. The molecular weight excluding hydrogens is 167 g/mol. The Morgan fingerprint density at radius 2 is 1.46 bits per heavy atom. The van der Waals surface area contributed by atoms with E-state index in [-0.39, 0.29) is 18.9 Å². The van der Waals surface area contributed by atoms with Gasteiger partial charge in [-0.25, -0.2) is 0 Å². The average molecular weight is 182 g/mol. The first-order chi connectivity index (χ1) is 5.88. The minimum absolute atomic E-state index is 0. The van der Waals surface area contributed by atoms with Crippen molar-refractivity contribution in [3.05, 3.63) is 46.8 Å². The van der Waals surface area contributed by atoms with Crippen molar-refractivity contribution in [1.29, 1.82) is 0 Å². The predicted octanol–water partition coefficient (Wildman–Crippen LogP) is 2.05. The van der Waals surface area contributed by atoms with E-state index in [0.717, 1.165) is 0 Å². The number of allylic oxidation sites excluding steroid dienone is 8. The second-order valence-corrected chi connectivity index (χ2v) is 6.40. The van der Waals surface area contributed by atoms with E-state index in [1.165, 1.54) is 12.8 Å². The minimum atomic E-state index is -0.710. The van der Waals surface area contributed by atoms with Crippen LogP contribution in [-0.4, -0.2) is 27.7 Å². The molecule has 0 unspecified atom stereocenters. The standard InChI is InChI=1S/C11H14Si.Li.H/c1-12(10-6-2-3-7-10)11-8-4-5-9-11;;/h2-6,8,12H,7,9H2,1H3;;. The molecule has 0 heterocycles. The van der Waals surface area contributed by atoms with Crippen LogP contribution in [0.4, 0.5) is 0 Å². The summed E-state index contributed by atoms with van der Waals surface area (Å²) < 4.78 is 0. The zero-order valence-corrected chi connectivity index (χ0v) is 8.61. The second-order valence-electron chi connectivity index (χ2n) is 3.47. The van der Waals surface area contributed by atoms with Gasteiger partial charge in [0.05, 0.1) is 8.80 Å². The number of rotatable bonds is 2. The Morgan fingerprint density at radius 1 is 1.00 bits per heavy atom. The molecule has 0 radical (unpaired) electrons. The molecule has 0 nitrogen and oxygen atoms in total. The zero-order valence-electron chi connectivity index (χ0n) is 7.46. The summed E-state index contributed by atoms with van der Waals surface area (Å²) in [6, 6.07) is 0. The normalized spacial score (nSPS) is 18.9. The van der Waals surface area contributed by atoms with Crippen LogP contribution in [0, 0.1) is 0 Å². The fourth-order valence-electron chi connectivity index (χ4n) is 1.81. The molecule has 0 N–H and O–H groups in total. The molecule has 0 aliphatic heterocycles. The van der Waals surface area contributed by atoms with Crippen molar-refractivity contribution in [1.82, 2.24) is 0 Å². The van der Waals surface area contributed by atoms with Crippen molar-refractivity contribution in [2.24, 2.45) is 0 Å². The predicted molar refractivity (Wildman–Crippen MR) is 63.8 cm³/mol. The van der Waals surface area contributed by atoms with Gasteiger partial charge in [-0.3, -0.25) is 0 Å². The van der Waals surface area contributed by atoms with Crippen LogP contribution >= 0.6 is 0 Å². The summed E-state index contributed by atoms with van der Waals surface area (Å²) in [7, 11) is -0.710. The molecule has 2 aliphatic rings. The summed E-state index contributed by atoms with van der Waals surface area (Å²) in [4.78, 5) is 0. The third-order valence-corrected chi connectivity index (χ3v) is 5.79. The van der Waals surface area contributed by atoms with Crippen LogP contribution < -0.4 is 0 Å². The molecule has 2 heteroatoms. The van der Waals surface area contributed by atoms with E-state index in [2.05, 4.69) is 43.0 Å². The molecule has 0 bridgehead atoms. The van der Waals surface area contributed by atoms with Gasteiger partial charge in [0, 0.05) is 0 Å². The van der Waals surface area contributed by atoms with Gasteiger partial charge >= 0.3 is 18.9 Å². The van der Waals surface area contributed by atoms with Crippen LogP contribution in [0.25, 0.3) is 0 Å². The summed E-state index contributed by atoms with van der Waals surface area (Å²) >= 11 is 0. The van der Waals surface area contributed by atoms with Crippen molar-refractivity contribution in [3.8, 4) is 0 Å². The molecular formula is C11H15LiSi. The van der Waals surface area contributed by atoms with Gasteiger partial charge in [-0.05, 0) is 12.8 Å². The van der Waals surface area contributed by atoms with Crippen LogP contribution in [0.5, 0.6) is 0 Å². The first-order valence-corrected chi connectivity index (χ1v) is 6.90. The molecule has 0 aromatic carbocycles. The molecule has 2 rings (SSSR count). The molecule has 0 amide bonds. The van der Waals surface area contributed by atoms with Crippen molar-refractivity contribution in [2.45, 2.75) is 19.4 Å². The van der Waals surface area contributed by atoms with Crippen LogP contribution in [0.2, 0.25) is 6.55 Å². The molecule has 13 heavy (non-hydrogen) atoms. The van der Waals surface area contributed by atoms with Crippen molar-refractivity contribution < 1.29 is 0 Å². The molecule has 0 aromatic rings. The van der Waals surface area contributed by atoms with Gasteiger partial charge in [0.15, 0.2) is 0 Å². The summed E-state index contributed by atoms with van der Waals surface area (Å²) in [5, 5.41) is 3.40. The van der Waals surface area contributed by atoms with Crippen molar-refractivity contribution >= 4 is 27.7 Å². The molecule has 0 fully saturated rings. The first kappa shape index (κ1) is 10.9. The molecule has 0 saturated carbocycles. The molecule has 0 atom stereocenters. The van der Waals surface area contributed by atoms with E-state index in [9.17, 15) is 0 Å². The summed E-state index contributed by atoms with van der Waals surface area (Å²) in [5.74, 6) is 0. The van der Waals surface area contributed by atoms with Gasteiger partial charge in [0.1, 0.15) is 0 Å². The first-order valence-electron chi connectivity index (χ1n) is 4.59. The van der Waals surface area contributed by atoms with Gasteiger partial charge in [0.2, 0.25) is 0 Å². The summed E-state index contributed by atoms with van der Waals surface area (Å²) in [5.41, 5.74) is 0. The van der Waals surface area contributed by atoms with E-state index in [1.807, 2.05) is 0 Å². The quantitative estimate of drug-likeness (QED) is 0.573. The Morgan fingerprint density at radius 3 is 1.77 bits per heavy atom. The van der Waals surface area contributed by atoms with E-state index < -0.39 is 8.80 Å². The molecule has 64 valence electrons. The van der Waals surface area contributed by atoms with Gasteiger partial charge in [-0.2, -0.15) is 0 Å². The third kappa shape index (κ3) is 2.37. The van der Waals surface area contributed by atoms with E-state index in [0.29, 0.717) is 0 Å². The maximum absolute atomic E-state index is 2.44. The average Bonchev–Trinajstić information content (AvgIpc) is 2.77. The topological polar surface area (TPSA) is 0 Å². The molecule has 0 spiro atoms.